The van der Waals surface area contributed by atoms with Gasteiger partial charge in [0.2, 0.25) is 0 Å². The number of hydrogen-bond acceptors (Lipinski definition) is 4. The molecule has 0 bridgehead atoms. The molecule has 0 aromatic rings. The first-order valence-corrected chi connectivity index (χ1v) is 3.95. The summed E-state index contributed by atoms with van der Waals surface area (Å²) in [6.45, 7) is 2.05. The van der Waals surface area contributed by atoms with E-state index in [1.54, 1.807) is 18.9 Å². The fourth-order valence-corrected chi connectivity index (χ4v) is 0.895. The van der Waals surface area contributed by atoms with E-state index in [1.165, 1.54) is 7.11 Å². The molecule has 0 radical (unpaired) electrons. The molecule has 0 spiro atoms. The first-order valence-electron chi connectivity index (χ1n) is 3.95. The molecule has 0 aliphatic rings. The average molecular weight is 189 g/mol. The fourth-order valence-electron chi connectivity index (χ4n) is 0.895. The molecule has 1 N–H and O–H groups in total. The van der Waals surface area contributed by atoms with Crippen LogP contribution in [0.4, 0.5) is 0 Å². The minimum atomic E-state index is -0.864. The highest BCUT2D eigenvalue weighted by atomic mass is 16.5. The van der Waals surface area contributed by atoms with Crippen molar-refractivity contribution < 1.29 is 19.4 Å². The van der Waals surface area contributed by atoms with E-state index >= 15 is 0 Å². The Hall–Kier alpha value is -1.10. The summed E-state index contributed by atoms with van der Waals surface area (Å²) in [7, 11) is 2.98. The van der Waals surface area contributed by atoms with Crippen molar-refractivity contribution >= 4 is 11.9 Å². The van der Waals surface area contributed by atoms with Crippen LogP contribution in [0.1, 0.15) is 6.92 Å². The van der Waals surface area contributed by atoms with Gasteiger partial charge in [-0.1, -0.05) is 6.92 Å². The van der Waals surface area contributed by atoms with Crippen molar-refractivity contribution in [2.75, 3.05) is 27.2 Å². The SMILES string of the molecule is COC(=O)CN(C)CC(C)C(=O)O. The zero-order valence-electron chi connectivity index (χ0n) is 8.11. The number of ether oxygens (including phenoxy) is 1. The summed E-state index contributed by atoms with van der Waals surface area (Å²) in [4.78, 5) is 22.8. The molecule has 0 aromatic carbocycles. The predicted octanol–water partition coefficient (Wildman–Crippen LogP) is -0.188. The highest BCUT2D eigenvalue weighted by Crippen LogP contribution is 1.97. The molecule has 0 saturated carbocycles. The summed E-state index contributed by atoms with van der Waals surface area (Å²) >= 11 is 0. The third-order valence-electron chi connectivity index (χ3n) is 1.63. The molecular weight excluding hydrogens is 174 g/mol. The number of rotatable bonds is 5. The maximum Gasteiger partial charge on any atom is 0.319 e. The van der Waals surface area contributed by atoms with Gasteiger partial charge in [-0.15, -0.1) is 0 Å². The van der Waals surface area contributed by atoms with Crippen molar-refractivity contribution in [3.8, 4) is 0 Å². The van der Waals surface area contributed by atoms with Gasteiger partial charge in [0, 0.05) is 6.54 Å². The maximum absolute atomic E-state index is 10.8. The van der Waals surface area contributed by atoms with Crippen LogP contribution in [0.3, 0.4) is 0 Å². The quantitative estimate of drug-likeness (QED) is 0.607. The monoisotopic (exact) mass is 189 g/mol. The van der Waals surface area contributed by atoms with Gasteiger partial charge in [-0.25, -0.2) is 0 Å². The van der Waals surface area contributed by atoms with E-state index in [2.05, 4.69) is 4.74 Å². The average Bonchev–Trinajstić information content (AvgIpc) is 2.03. The molecule has 76 valence electrons. The number of carboxylic acids is 1. The summed E-state index contributed by atoms with van der Waals surface area (Å²) in [6, 6.07) is 0. The van der Waals surface area contributed by atoms with Crippen LogP contribution in [-0.4, -0.2) is 49.2 Å². The van der Waals surface area contributed by atoms with Gasteiger partial charge in [0.05, 0.1) is 19.6 Å². The Morgan fingerprint density at radius 2 is 2.08 bits per heavy atom. The Morgan fingerprint density at radius 3 is 2.46 bits per heavy atom. The van der Waals surface area contributed by atoms with E-state index in [4.69, 9.17) is 5.11 Å². The largest absolute Gasteiger partial charge is 0.481 e. The molecule has 13 heavy (non-hydrogen) atoms. The number of hydrogen-bond donors (Lipinski definition) is 1. The molecule has 1 atom stereocenters. The van der Waals surface area contributed by atoms with Crippen LogP contribution < -0.4 is 0 Å². The first kappa shape index (κ1) is 11.9. The predicted molar refractivity (Wildman–Crippen MR) is 46.3 cm³/mol. The molecule has 0 rings (SSSR count). The molecule has 5 nitrogen and oxygen atoms in total. The lowest BCUT2D eigenvalue weighted by molar-refractivity contribution is -0.145. The van der Waals surface area contributed by atoms with Crippen LogP contribution in [0.25, 0.3) is 0 Å². The van der Waals surface area contributed by atoms with Crippen LogP contribution in [0, 0.1) is 5.92 Å². The van der Waals surface area contributed by atoms with Gasteiger partial charge in [-0.3, -0.25) is 14.5 Å². The maximum atomic E-state index is 10.8. The summed E-state index contributed by atoms with van der Waals surface area (Å²) in [5.74, 6) is -1.70. The summed E-state index contributed by atoms with van der Waals surface area (Å²) in [5, 5.41) is 8.58. The summed E-state index contributed by atoms with van der Waals surface area (Å²) in [6.07, 6.45) is 0. The molecule has 0 aromatic heterocycles. The van der Waals surface area contributed by atoms with Gasteiger partial charge in [-0.2, -0.15) is 0 Å². The van der Waals surface area contributed by atoms with Crippen molar-refractivity contribution in [3.63, 3.8) is 0 Å². The second kappa shape index (κ2) is 5.53. The van der Waals surface area contributed by atoms with E-state index in [-0.39, 0.29) is 12.5 Å². The molecule has 0 aliphatic heterocycles. The molecule has 1 unspecified atom stereocenters. The normalized spacial score (nSPS) is 12.6. The molecule has 0 heterocycles. The van der Waals surface area contributed by atoms with E-state index < -0.39 is 11.9 Å². The Bertz CT molecular complexity index is 193. The zero-order valence-corrected chi connectivity index (χ0v) is 8.11. The van der Waals surface area contributed by atoms with Gasteiger partial charge < -0.3 is 9.84 Å². The summed E-state index contributed by atoms with van der Waals surface area (Å²) in [5.41, 5.74) is 0. The second-order valence-corrected chi connectivity index (χ2v) is 3.01. The fraction of sp³-hybridized carbons (Fsp3) is 0.750. The molecular formula is C8H15NO4. The minimum absolute atomic E-state index is 0.119. The van der Waals surface area contributed by atoms with E-state index in [1.807, 2.05) is 0 Å². The van der Waals surface area contributed by atoms with Crippen LogP contribution in [0.2, 0.25) is 0 Å². The topological polar surface area (TPSA) is 66.8 Å². The number of esters is 1. The first-order chi connectivity index (χ1) is 5.97. The number of carboxylic acid groups (broad SMARTS) is 1. The zero-order chi connectivity index (χ0) is 10.4. The van der Waals surface area contributed by atoms with Gasteiger partial charge in [0.25, 0.3) is 0 Å². The lowest BCUT2D eigenvalue weighted by atomic mass is 10.2. The van der Waals surface area contributed by atoms with Crippen molar-refractivity contribution in [1.82, 2.24) is 4.90 Å². The highest BCUT2D eigenvalue weighted by Gasteiger charge is 2.15. The number of nitrogens with zero attached hydrogens (tertiary/aromatic N) is 1. The third-order valence-corrected chi connectivity index (χ3v) is 1.63. The van der Waals surface area contributed by atoms with E-state index in [0.29, 0.717) is 6.54 Å². The van der Waals surface area contributed by atoms with Gasteiger partial charge in [-0.05, 0) is 7.05 Å². The number of aliphatic carboxylic acids is 1. The van der Waals surface area contributed by atoms with Crippen LogP contribution in [0.15, 0.2) is 0 Å². The van der Waals surface area contributed by atoms with Gasteiger partial charge in [0.15, 0.2) is 0 Å². The summed E-state index contributed by atoms with van der Waals surface area (Å²) < 4.78 is 4.43. The number of carbonyl (C=O) groups is 2. The lowest BCUT2D eigenvalue weighted by Gasteiger charge is -2.17. The van der Waals surface area contributed by atoms with Gasteiger partial charge >= 0.3 is 11.9 Å². The molecule has 0 saturated heterocycles. The Morgan fingerprint density at radius 1 is 1.54 bits per heavy atom. The van der Waals surface area contributed by atoms with Crippen molar-refractivity contribution in [2.45, 2.75) is 6.92 Å². The van der Waals surface area contributed by atoms with Crippen LogP contribution in [0.5, 0.6) is 0 Å². The number of carbonyl (C=O) groups excluding carboxylic acids is 1. The standard InChI is InChI=1S/C8H15NO4/c1-6(8(11)12)4-9(2)5-7(10)13-3/h6H,4-5H2,1-3H3,(H,11,12). The molecule has 0 amide bonds. The lowest BCUT2D eigenvalue weighted by Crippen LogP contribution is -2.33. The van der Waals surface area contributed by atoms with Crippen molar-refractivity contribution in [1.29, 1.82) is 0 Å². The second-order valence-electron chi connectivity index (χ2n) is 3.01. The van der Waals surface area contributed by atoms with E-state index in [9.17, 15) is 9.59 Å². The van der Waals surface area contributed by atoms with E-state index in [0.717, 1.165) is 0 Å². The number of likely N-dealkylation sites (N-methyl/N-ethyl adjacent to an activating group) is 1. The smallest absolute Gasteiger partial charge is 0.319 e. The van der Waals surface area contributed by atoms with Crippen LogP contribution >= 0.6 is 0 Å². The number of methoxy groups -OCH3 is 1. The molecule has 0 aliphatic carbocycles. The Kier molecular flexibility index (Phi) is 5.06. The Balaban J connectivity index is 3.80. The highest BCUT2D eigenvalue weighted by molar-refractivity contribution is 5.72. The van der Waals surface area contributed by atoms with Crippen molar-refractivity contribution in [3.05, 3.63) is 0 Å². The molecule has 0 fully saturated rings. The third kappa shape index (κ3) is 5.19. The van der Waals surface area contributed by atoms with Gasteiger partial charge in [0.1, 0.15) is 0 Å². The van der Waals surface area contributed by atoms with Crippen molar-refractivity contribution in [2.24, 2.45) is 5.92 Å². The van der Waals surface area contributed by atoms with Crippen LogP contribution in [-0.2, 0) is 14.3 Å². The molecule has 5 heteroatoms. The Labute approximate surface area is 77.3 Å². The minimum Gasteiger partial charge on any atom is -0.481 e.